The summed E-state index contributed by atoms with van der Waals surface area (Å²) in [6.45, 7) is 1.80. The lowest BCUT2D eigenvalue weighted by molar-refractivity contribution is 0.757. The molecule has 0 amide bonds. The molecular formula is C10H12N4O. The van der Waals surface area contributed by atoms with Crippen molar-refractivity contribution in [2.75, 3.05) is 0 Å². The zero-order valence-corrected chi connectivity index (χ0v) is 8.53. The Balaban J connectivity index is 2.11. The zero-order chi connectivity index (χ0) is 10.4. The molecular weight excluding hydrogens is 192 g/mol. The number of fused-ring (bicyclic) bond motifs is 1. The third kappa shape index (κ3) is 1.54. The van der Waals surface area contributed by atoms with Crippen molar-refractivity contribution in [1.29, 1.82) is 0 Å². The summed E-state index contributed by atoms with van der Waals surface area (Å²) >= 11 is 0. The Kier molecular flexibility index (Phi) is 1.68. The van der Waals surface area contributed by atoms with Gasteiger partial charge in [0.2, 0.25) is 0 Å². The van der Waals surface area contributed by atoms with Crippen molar-refractivity contribution >= 4 is 5.78 Å². The number of aryl methyl sites for hydroxylation is 1. The van der Waals surface area contributed by atoms with Crippen molar-refractivity contribution in [2.24, 2.45) is 5.92 Å². The van der Waals surface area contributed by atoms with E-state index in [2.05, 4.69) is 15.1 Å². The largest absolute Gasteiger partial charge is 0.275 e. The summed E-state index contributed by atoms with van der Waals surface area (Å²) in [4.78, 5) is 20.1. The highest BCUT2D eigenvalue weighted by molar-refractivity contribution is 5.27. The van der Waals surface area contributed by atoms with Crippen LogP contribution in [0.1, 0.15) is 24.4 Å². The van der Waals surface area contributed by atoms with Crippen LogP contribution < -0.4 is 5.56 Å². The Morgan fingerprint density at radius 2 is 2.33 bits per heavy atom. The average molecular weight is 204 g/mol. The highest BCUT2D eigenvalue weighted by Gasteiger charge is 2.23. The molecule has 3 rings (SSSR count). The number of rotatable bonds is 2. The van der Waals surface area contributed by atoms with Gasteiger partial charge in [-0.1, -0.05) is 0 Å². The first-order chi connectivity index (χ1) is 7.22. The van der Waals surface area contributed by atoms with E-state index in [1.165, 1.54) is 23.4 Å². The highest BCUT2D eigenvalue weighted by atomic mass is 16.1. The monoisotopic (exact) mass is 204 g/mol. The van der Waals surface area contributed by atoms with Crippen LogP contribution in [0.15, 0.2) is 10.9 Å². The molecule has 1 aliphatic rings. The molecule has 5 nitrogen and oxygen atoms in total. The molecule has 0 saturated heterocycles. The number of hydrogen-bond acceptors (Lipinski definition) is 3. The van der Waals surface area contributed by atoms with Gasteiger partial charge < -0.3 is 0 Å². The van der Waals surface area contributed by atoms with Gasteiger partial charge in [0.25, 0.3) is 11.3 Å². The molecule has 1 N–H and O–H groups in total. The molecule has 2 aromatic heterocycles. The van der Waals surface area contributed by atoms with Crippen LogP contribution in [0.5, 0.6) is 0 Å². The Hall–Kier alpha value is -1.65. The van der Waals surface area contributed by atoms with E-state index < -0.39 is 0 Å². The molecule has 2 heterocycles. The third-order valence-corrected chi connectivity index (χ3v) is 2.68. The second kappa shape index (κ2) is 2.92. The summed E-state index contributed by atoms with van der Waals surface area (Å²) in [5, 5.41) is 2.99. The summed E-state index contributed by atoms with van der Waals surface area (Å²) in [5.74, 6) is 2.10. The molecule has 1 aliphatic carbocycles. The Morgan fingerprint density at radius 1 is 1.53 bits per heavy atom. The van der Waals surface area contributed by atoms with Crippen LogP contribution >= 0.6 is 0 Å². The maximum atomic E-state index is 11.6. The fourth-order valence-corrected chi connectivity index (χ4v) is 1.72. The van der Waals surface area contributed by atoms with Gasteiger partial charge in [0.1, 0.15) is 5.82 Å². The standard InChI is InChI=1S/C10H12N4O/c1-6-4-9(15)14-10(11-6)12-8(13-14)5-7-2-3-7/h4,7H,2-3,5H2,1H3,(H,11,12,13). The van der Waals surface area contributed by atoms with E-state index in [0.717, 1.165) is 18.2 Å². The maximum absolute atomic E-state index is 11.6. The molecule has 1 fully saturated rings. The van der Waals surface area contributed by atoms with Crippen molar-refractivity contribution in [3.63, 3.8) is 0 Å². The van der Waals surface area contributed by atoms with E-state index in [1.54, 1.807) is 6.92 Å². The molecule has 0 aromatic carbocycles. The van der Waals surface area contributed by atoms with Crippen molar-refractivity contribution in [1.82, 2.24) is 19.6 Å². The molecule has 2 aromatic rings. The Labute approximate surface area is 86.2 Å². The summed E-state index contributed by atoms with van der Waals surface area (Å²) in [6, 6.07) is 1.51. The molecule has 0 radical (unpaired) electrons. The van der Waals surface area contributed by atoms with Gasteiger partial charge in [-0.25, -0.2) is 4.98 Å². The number of nitrogens with zero attached hydrogens (tertiary/aromatic N) is 3. The van der Waals surface area contributed by atoms with E-state index in [0.29, 0.717) is 11.5 Å². The minimum atomic E-state index is -0.0907. The first kappa shape index (κ1) is 8.64. The average Bonchev–Trinajstić information content (AvgIpc) is 2.85. The zero-order valence-electron chi connectivity index (χ0n) is 8.53. The van der Waals surface area contributed by atoms with Crippen LogP contribution in [0.2, 0.25) is 0 Å². The third-order valence-electron chi connectivity index (χ3n) is 2.68. The fraction of sp³-hybridized carbons (Fsp3) is 0.500. The van der Waals surface area contributed by atoms with Gasteiger partial charge in [-0.05, 0) is 25.7 Å². The number of H-pyrrole nitrogens is 1. The molecule has 15 heavy (non-hydrogen) atoms. The number of nitrogens with one attached hydrogen (secondary N) is 1. The Morgan fingerprint density at radius 3 is 3.07 bits per heavy atom. The molecule has 1 saturated carbocycles. The molecule has 78 valence electrons. The maximum Gasteiger partial charge on any atom is 0.274 e. The molecule has 0 aliphatic heterocycles. The van der Waals surface area contributed by atoms with Crippen LogP contribution in [-0.2, 0) is 6.42 Å². The van der Waals surface area contributed by atoms with E-state index in [4.69, 9.17) is 0 Å². The predicted molar refractivity (Wildman–Crippen MR) is 54.8 cm³/mol. The summed E-state index contributed by atoms with van der Waals surface area (Å²) in [5.41, 5.74) is 0.622. The van der Waals surface area contributed by atoms with E-state index in [-0.39, 0.29) is 5.56 Å². The molecule has 5 heteroatoms. The lowest BCUT2D eigenvalue weighted by Crippen LogP contribution is -2.14. The highest BCUT2D eigenvalue weighted by Crippen LogP contribution is 2.31. The van der Waals surface area contributed by atoms with Crippen LogP contribution in [-0.4, -0.2) is 19.6 Å². The number of hydrogen-bond donors (Lipinski definition) is 1. The van der Waals surface area contributed by atoms with Crippen molar-refractivity contribution in [3.05, 3.63) is 27.9 Å². The number of aromatic nitrogens is 4. The first-order valence-electron chi connectivity index (χ1n) is 5.18. The lowest BCUT2D eigenvalue weighted by Gasteiger charge is -1.91. The van der Waals surface area contributed by atoms with Crippen LogP contribution in [0.25, 0.3) is 5.78 Å². The lowest BCUT2D eigenvalue weighted by atomic mass is 10.3. The Bertz CT molecular complexity index is 564. The SMILES string of the molecule is Cc1cc(=O)n2[nH]c(CC3CC3)nc2n1. The van der Waals surface area contributed by atoms with E-state index >= 15 is 0 Å². The second-order valence-corrected chi connectivity index (χ2v) is 4.19. The van der Waals surface area contributed by atoms with Gasteiger partial charge in [0, 0.05) is 18.2 Å². The summed E-state index contributed by atoms with van der Waals surface area (Å²) < 4.78 is 1.41. The van der Waals surface area contributed by atoms with Crippen molar-refractivity contribution < 1.29 is 0 Å². The molecule has 0 bridgehead atoms. The van der Waals surface area contributed by atoms with Gasteiger partial charge in [-0.15, -0.1) is 0 Å². The first-order valence-corrected chi connectivity index (χ1v) is 5.18. The van der Waals surface area contributed by atoms with Crippen LogP contribution in [0.4, 0.5) is 0 Å². The van der Waals surface area contributed by atoms with Gasteiger partial charge in [-0.3, -0.25) is 9.89 Å². The van der Waals surface area contributed by atoms with Crippen LogP contribution in [0.3, 0.4) is 0 Å². The van der Waals surface area contributed by atoms with Gasteiger partial charge in [0.05, 0.1) is 0 Å². The summed E-state index contributed by atoms with van der Waals surface area (Å²) in [6.07, 6.45) is 3.48. The van der Waals surface area contributed by atoms with E-state index in [1.807, 2.05) is 0 Å². The normalized spacial score (nSPS) is 16.1. The number of aromatic amines is 1. The van der Waals surface area contributed by atoms with Gasteiger partial charge in [0.15, 0.2) is 0 Å². The smallest absolute Gasteiger partial charge is 0.274 e. The predicted octanol–water partition coefficient (Wildman–Crippen LogP) is 0.679. The van der Waals surface area contributed by atoms with Crippen LogP contribution in [0, 0.1) is 12.8 Å². The van der Waals surface area contributed by atoms with Crippen molar-refractivity contribution in [3.8, 4) is 0 Å². The minimum absolute atomic E-state index is 0.0907. The van der Waals surface area contributed by atoms with Gasteiger partial charge >= 0.3 is 0 Å². The molecule has 0 unspecified atom stereocenters. The minimum Gasteiger partial charge on any atom is -0.275 e. The van der Waals surface area contributed by atoms with Crippen molar-refractivity contribution in [2.45, 2.75) is 26.2 Å². The second-order valence-electron chi connectivity index (χ2n) is 4.19. The fourth-order valence-electron chi connectivity index (χ4n) is 1.72. The van der Waals surface area contributed by atoms with Gasteiger partial charge in [-0.2, -0.15) is 9.50 Å². The molecule has 0 atom stereocenters. The molecule has 0 spiro atoms. The summed E-state index contributed by atoms with van der Waals surface area (Å²) in [7, 11) is 0. The van der Waals surface area contributed by atoms with E-state index in [9.17, 15) is 4.79 Å². The topological polar surface area (TPSA) is 63.0 Å². The quantitative estimate of drug-likeness (QED) is 0.782.